The van der Waals surface area contributed by atoms with E-state index in [1.807, 2.05) is 37.3 Å². The van der Waals surface area contributed by atoms with Crippen LogP contribution < -0.4 is 0 Å². The van der Waals surface area contributed by atoms with Crippen LogP contribution in [0.5, 0.6) is 0 Å². The van der Waals surface area contributed by atoms with Gasteiger partial charge in [-0.25, -0.2) is 9.69 Å². The molecule has 4 heteroatoms. The molecule has 2 aliphatic rings. The third kappa shape index (κ3) is 1.99. The van der Waals surface area contributed by atoms with E-state index in [-0.39, 0.29) is 29.4 Å². The maximum atomic E-state index is 12.4. The Morgan fingerprint density at radius 2 is 1.90 bits per heavy atom. The van der Waals surface area contributed by atoms with Crippen molar-refractivity contribution in [1.82, 2.24) is 4.90 Å². The predicted molar refractivity (Wildman–Crippen MR) is 73.9 cm³/mol. The van der Waals surface area contributed by atoms with Crippen LogP contribution in [0.4, 0.5) is 4.79 Å². The number of imide groups is 1. The summed E-state index contributed by atoms with van der Waals surface area (Å²) in [4.78, 5) is 25.8. The van der Waals surface area contributed by atoms with Crippen LogP contribution >= 0.6 is 0 Å². The largest absolute Gasteiger partial charge is 0.439 e. The molecule has 1 aliphatic carbocycles. The number of rotatable bonds is 2. The molecule has 0 spiro atoms. The van der Waals surface area contributed by atoms with Gasteiger partial charge in [-0.1, -0.05) is 44.2 Å². The first-order valence-corrected chi connectivity index (χ1v) is 7.00. The van der Waals surface area contributed by atoms with E-state index >= 15 is 0 Å². The summed E-state index contributed by atoms with van der Waals surface area (Å²) in [7, 11) is 0. The molecule has 20 heavy (non-hydrogen) atoms. The van der Waals surface area contributed by atoms with Gasteiger partial charge in [-0.3, -0.25) is 4.79 Å². The van der Waals surface area contributed by atoms with Gasteiger partial charge in [-0.05, 0) is 24.3 Å². The molecule has 0 N–H and O–H groups in total. The third-order valence-corrected chi connectivity index (χ3v) is 4.45. The standard InChI is InChI=1S/C16H19NO3/c1-10-13(11-7-5-4-6-8-11)20-15(19)17(10)14(18)12-9-16(12,2)3/h4-8,10,12-13H,9H2,1-3H3. The van der Waals surface area contributed by atoms with Crippen molar-refractivity contribution in [2.75, 3.05) is 0 Å². The highest BCUT2D eigenvalue weighted by atomic mass is 16.6. The third-order valence-electron chi connectivity index (χ3n) is 4.45. The minimum Gasteiger partial charge on any atom is -0.439 e. The fourth-order valence-corrected chi connectivity index (χ4v) is 2.90. The lowest BCUT2D eigenvalue weighted by Gasteiger charge is -2.20. The maximum Gasteiger partial charge on any atom is 0.417 e. The molecule has 4 nitrogen and oxygen atoms in total. The van der Waals surface area contributed by atoms with Gasteiger partial charge in [0.2, 0.25) is 5.91 Å². The number of amides is 2. The number of hydrogen-bond donors (Lipinski definition) is 0. The van der Waals surface area contributed by atoms with Crippen molar-refractivity contribution >= 4 is 12.0 Å². The van der Waals surface area contributed by atoms with E-state index in [1.165, 1.54) is 4.90 Å². The zero-order chi connectivity index (χ0) is 14.5. The fraction of sp³-hybridized carbons (Fsp3) is 0.500. The van der Waals surface area contributed by atoms with Crippen molar-refractivity contribution in [1.29, 1.82) is 0 Å². The first-order chi connectivity index (χ1) is 9.42. The molecule has 0 bridgehead atoms. The van der Waals surface area contributed by atoms with Crippen LogP contribution in [-0.2, 0) is 9.53 Å². The van der Waals surface area contributed by atoms with E-state index in [0.717, 1.165) is 12.0 Å². The lowest BCUT2D eigenvalue weighted by atomic mass is 10.0. The molecule has 3 rings (SSSR count). The van der Waals surface area contributed by atoms with Crippen LogP contribution in [0.2, 0.25) is 0 Å². The van der Waals surface area contributed by atoms with Crippen LogP contribution in [0.25, 0.3) is 0 Å². The summed E-state index contributed by atoms with van der Waals surface area (Å²) in [5, 5.41) is 0. The number of cyclic esters (lactones) is 1. The zero-order valence-corrected chi connectivity index (χ0v) is 12.0. The van der Waals surface area contributed by atoms with Gasteiger partial charge in [0.05, 0.1) is 6.04 Å². The second-order valence-electron chi connectivity index (χ2n) is 6.41. The topological polar surface area (TPSA) is 46.6 Å². The molecule has 1 aliphatic heterocycles. The van der Waals surface area contributed by atoms with Crippen LogP contribution in [-0.4, -0.2) is 22.9 Å². The maximum absolute atomic E-state index is 12.4. The zero-order valence-electron chi connectivity index (χ0n) is 12.0. The lowest BCUT2D eigenvalue weighted by molar-refractivity contribution is -0.131. The molecule has 1 saturated heterocycles. The van der Waals surface area contributed by atoms with Crippen molar-refractivity contribution in [3.8, 4) is 0 Å². The molecule has 1 saturated carbocycles. The molecule has 1 aromatic carbocycles. The molecule has 3 atom stereocenters. The Hall–Kier alpha value is -1.84. The molecule has 0 aromatic heterocycles. The van der Waals surface area contributed by atoms with E-state index < -0.39 is 6.09 Å². The smallest absolute Gasteiger partial charge is 0.417 e. The minimum absolute atomic E-state index is 0.0158. The van der Waals surface area contributed by atoms with Gasteiger partial charge in [-0.2, -0.15) is 0 Å². The van der Waals surface area contributed by atoms with E-state index in [9.17, 15) is 9.59 Å². The summed E-state index contributed by atoms with van der Waals surface area (Å²) in [6.45, 7) is 5.97. The highest BCUT2D eigenvalue weighted by Gasteiger charge is 2.56. The number of carbonyl (C=O) groups excluding carboxylic acids is 2. The molecule has 1 heterocycles. The lowest BCUT2D eigenvalue weighted by Crippen LogP contribution is -2.39. The van der Waals surface area contributed by atoms with Crippen molar-refractivity contribution in [3.63, 3.8) is 0 Å². The van der Waals surface area contributed by atoms with Crippen molar-refractivity contribution in [2.24, 2.45) is 11.3 Å². The van der Waals surface area contributed by atoms with Crippen LogP contribution in [0, 0.1) is 11.3 Å². The summed E-state index contributed by atoms with van der Waals surface area (Å²) >= 11 is 0. The van der Waals surface area contributed by atoms with Gasteiger partial charge in [-0.15, -0.1) is 0 Å². The van der Waals surface area contributed by atoms with Crippen molar-refractivity contribution in [3.05, 3.63) is 35.9 Å². The Labute approximate surface area is 118 Å². The van der Waals surface area contributed by atoms with E-state index in [4.69, 9.17) is 4.74 Å². The summed E-state index contributed by atoms with van der Waals surface area (Å²) in [6, 6.07) is 9.32. The van der Waals surface area contributed by atoms with Crippen molar-refractivity contribution in [2.45, 2.75) is 39.3 Å². The average Bonchev–Trinajstić information content (AvgIpc) is 2.95. The molecule has 2 fully saturated rings. The van der Waals surface area contributed by atoms with E-state index in [1.54, 1.807) is 0 Å². The number of carbonyl (C=O) groups is 2. The molecular formula is C16H19NO3. The van der Waals surface area contributed by atoms with Gasteiger partial charge in [0.15, 0.2) is 0 Å². The fourth-order valence-electron chi connectivity index (χ4n) is 2.90. The van der Waals surface area contributed by atoms with Gasteiger partial charge in [0, 0.05) is 5.92 Å². The Morgan fingerprint density at radius 1 is 1.30 bits per heavy atom. The molecular weight excluding hydrogens is 254 g/mol. The van der Waals surface area contributed by atoms with Crippen molar-refractivity contribution < 1.29 is 14.3 Å². The molecule has 0 radical (unpaired) electrons. The van der Waals surface area contributed by atoms with E-state index in [0.29, 0.717) is 0 Å². The molecule has 2 amide bonds. The molecule has 106 valence electrons. The van der Waals surface area contributed by atoms with Gasteiger partial charge < -0.3 is 4.74 Å². The van der Waals surface area contributed by atoms with Crippen LogP contribution in [0.1, 0.15) is 38.9 Å². The normalized spacial score (nSPS) is 31.1. The van der Waals surface area contributed by atoms with Gasteiger partial charge >= 0.3 is 6.09 Å². The second-order valence-corrected chi connectivity index (χ2v) is 6.41. The highest BCUT2D eigenvalue weighted by molar-refractivity contribution is 5.96. The SMILES string of the molecule is CC1C(c2ccccc2)OC(=O)N1C(=O)C1CC1(C)C. The second kappa shape index (κ2) is 4.33. The Bertz CT molecular complexity index is 552. The van der Waals surface area contributed by atoms with Crippen LogP contribution in [0.3, 0.4) is 0 Å². The Kier molecular flexibility index (Phi) is 2.85. The summed E-state index contributed by atoms with van der Waals surface area (Å²) < 4.78 is 5.41. The monoisotopic (exact) mass is 273 g/mol. The average molecular weight is 273 g/mol. The number of nitrogens with zero attached hydrogens (tertiary/aromatic N) is 1. The predicted octanol–water partition coefficient (Wildman–Crippen LogP) is 3.14. The number of benzene rings is 1. The summed E-state index contributed by atoms with van der Waals surface area (Å²) in [6.07, 6.45) is -0.0354. The Morgan fingerprint density at radius 3 is 2.45 bits per heavy atom. The number of hydrogen-bond acceptors (Lipinski definition) is 3. The minimum atomic E-state index is -0.515. The summed E-state index contributed by atoms with van der Waals surface area (Å²) in [5.41, 5.74) is 0.945. The quantitative estimate of drug-likeness (QED) is 0.831. The Balaban J connectivity index is 1.81. The first-order valence-electron chi connectivity index (χ1n) is 7.00. The van der Waals surface area contributed by atoms with E-state index in [2.05, 4.69) is 13.8 Å². The molecule has 1 aromatic rings. The van der Waals surface area contributed by atoms with Gasteiger partial charge in [0.1, 0.15) is 6.10 Å². The van der Waals surface area contributed by atoms with Crippen LogP contribution in [0.15, 0.2) is 30.3 Å². The highest BCUT2D eigenvalue weighted by Crippen LogP contribution is 2.53. The number of ether oxygens (including phenoxy) is 1. The molecule has 3 unspecified atom stereocenters. The van der Waals surface area contributed by atoms with Gasteiger partial charge in [0.25, 0.3) is 0 Å². The first kappa shape index (κ1) is 13.2. The summed E-state index contributed by atoms with van der Waals surface area (Å²) in [5.74, 6) is -0.141.